The molecule has 1 aliphatic heterocycles. The minimum absolute atomic E-state index is 0.150. The van der Waals surface area contributed by atoms with E-state index < -0.39 is 0 Å². The number of anilines is 1. The molecule has 2 atom stereocenters. The molecular formula is C17H21N3O3S. The van der Waals surface area contributed by atoms with Crippen LogP contribution in [0.3, 0.4) is 0 Å². The molecule has 2 unspecified atom stereocenters. The van der Waals surface area contributed by atoms with E-state index in [1.165, 1.54) is 4.90 Å². The number of hydrogen-bond donors (Lipinski definition) is 2. The lowest BCUT2D eigenvalue weighted by molar-refractivity contribution is -0.127. The first-order valence-corrected chi connectivity index (χ1v) is 9.16. The first-order valence-electron chi connectivity index (χ1n) is 8.17. The summed E-state index contributed by atoms with van der Waals surface area (Å²) in [4.78, 5) is 37.6. The summed E-state index contributed by atoms with van der Waals surface area (Å²) in [5.41, 5.74) is 1.79. The molecular weight excluding hydrogens is 326 g/mol. The van der Waals surface area contributed by atoms with Crippen molar-refractivity contribution < 1.29 is 14.4 Å². The summed E-state index contributed by atoms with van der Waals surface area (Å²) < 4.78 is 0. The Morgan fingerprint density at radius 1 is 1.25 bits per heavy atom. The summed E-state index contributed by atoms with van der Waals surface area (Å²) in [6.45, 7) is 1.96. The Morgan fingerprint density at radius 2 is 2.04 bits per heavy atom. The maximum absolute atomic E-state index is 12.3. The number of benzene rings is 1. The molecule has 24 heavy (non-hydrogen) atoms. The lowest BCUT2D eigenvalue weighted by Crippen LogP contribution is -2.55. The summed E-state index contributed by atoms with van der Waals surface area (Å²) in [6, 6.07) is 6.82. The molecule has 1 heterocycles. The van der Waals surface area contributed by atoms with Crippen molar-refractivity contribution in [3.05, 3.63) is 29.8 Å². The number of hydrogen-bond acceptors (Lipinski definition) is 4. The van der Waals surface area contributed by atoms with Crippen molar-refractivity contribution in [1.29, 1.82) is 0 Å². The van der Waals surface area contributed by atoms with Crippen LogP contribution in [0.2, 0.25) is 0 Å². The van der Waals surface area contributed by atoms with Crippen molar-refractivity contribution in [2.24, 2.45) is 0 Å². The van der Waals surface area contributed by atoms with E-state index in [0.29, 0.717) is 0 Å². The highest BCUT2D eigenvalue weighted by molar-refractivity contribution is 8.14. The lowest BCUT2D eigenvalue weighted by Gasteiger charge is -2.36. The highest BCUT2D eigenvalue weighted by Gasteiger charge is 2.41. The molecule has 0 spiro atoms. The van der Waals surface area contributed by atoms with Crippen molar-refractivity contribution in [1.82, 2.24) is 10.2 Å². The molecule has 2 aliphatic rings. The van der Waals surface area contributed by atoms with Crippen molar-refractivity contribution in [2.45, 2.75) is 44.7 Å². The van der Waals surface area contributed by atoms with Crippen molar-refractivity contribution in [2.75, 3.05) is 11.1 Å². The monoisotopic (exact) mass is 347 g/mol. The zero-order valence-corrected chi connectivity index (χ0v) is 14.4. The van der Waals surface area contributed by atoms with E-state index in [-0.39, 0.29) is 35.0 Å². The van der Waals surface area contributed by atoms with Crippen LogP contribution in [0.5, 0.6) is 0 Å². The van der Waals surface area contributed by atoms with Gasteiger partial charge in [-0.3, -0.25) is 14.5 Å². The fraction of sp³-hybridized carbons (Fsp3) is 0.471. The first-order chi connectivity index (χ1) is 11.5. The SMILES string of the molecule is Cc1cccc(NC(=O)NC2CCCCC2N2C(=O)CSC2=O)c1. The van der Waals surface area contributed by atoms with Crippen LogP contribution in [-0.4, -0.2) is 39.9 Å². The van der Waals surface area contributed by atoms with Gasteiger partial charge in [-0.25, -0.2) is 4.79 Å². The van der Waals surface area contributed by atoms with Gasteiger partial charge in [0.2, 0.25) is 5.91 Å². The molecule has 7 heteroatoms. The van der Waals surface area contributed by atoms with Gasteiger partial charge in [-0.1, -0.05) is 36.7 Å². The molecule has 128 valence electrons. The van der Waals surface area contributed by atoms with Gasteiger partial charge in [0.25, 0.3) is 5.24 Å². The average molecular weight is 347 g/mol. The van der Waals surface area contributed by atoms with Crippen molar-refractivity contribution >= 4 is 34.6 Å². The molecule has 0 radical (unpaired) electrons. The number of carbonyl (C=O) groups is 3. The van der Waals surface area contributed by atoms with E-state index in [0.717, 1.165) is 48.7 Å². The molecule has 1 aromatic carbocycles. The van der Waals surface area contributed by atoms with E-state index in [2.05, 4.69) is 10.6 Å². The summed E-state index contributed by atoms with van der Waals surface area (Å²) >= 11 is 1.04. The third-order valence-corrected chi connectivity index (χ3v) is 5.27. The molecule has 1 saturated carbocycles. The number of nitrogens with one attached hydrogen (secondary N) is 2. The van der Waals surface area contributed by atoms with E-state index in [1.807, 2.05) is 31.2 Å². The molecule has 6 nitrogen and oxygen atoms in total. The number of thioether (sulfide) groups is 1. The van der Waals surface area contributed by atoms with Crippen LogP contribution in [0.25, 0.3) is 0 Å². The topological polar surface area (TPSA) is 78.5 Å². The quantitative estimate of drug-likeness (QED) is 0.880. The van der Waals surface area contributed by atoms with Gasteiger partial charge in [0.05, 0.1) is 17.8 Å². The summed E-state index contributed by atoms with van der Waals surface area (Å²) in [5, 5.41) is 5.57. The number of rotatable bonds is 3. The minimum atomic E-state index is -0.302. The first kappa shape index (κ1) is 16.8. The second kappa shape index (κ2) is 7.25. The highest BCUT2D eigenvalue weighted by atomic mass is 32.2. The fourth-order valence-corrected chi connectivity index (χ4v) is 4.09. The third-order valence-electron chi connectivity index (χ3n) is 4.44. The second-order valence-electron chi connectivity index (χ2n) is 6.24. The molecule has 1 saturated heterocycles. The lowest BCUT2D eigenvalue weighted by atomic mass is 9.89. The Kier molecular flexibility index (Phi) is 5.08. The Morgan fingerprint density at radius 3 is 2.75 bits per heavy atom. The second-order valence-corrected chi connectivity index (χ2v) is 7.17. The van der Waals surface area contributed by atoms with Crippen LogP contribution >= 0.6 is 11.8 Å². The van der Waals surface area contributed by atoms with Crippen molar-refractivity contribution in [3.8, 4) is 0 Å². The Hall–Kier alpha value is -2.02. The third kappa shape index (κ3) is 3.72. The van der Waals surface area contributed by atoms with Gasteiger partial charge in [-0.05, 0) is 37.5 Å². The summed E-state index contributed by atoms with van der Waals surface area (Å²) in [7, 11) is 0. The Labute approximate surface area is 145 Å². The zero-order chi connectivity index (χ0) is 17.1. The van der Waals surface area contributed by atoms with E-state index in [4.69, 9.17) is 0 Å². The molecule has 4 amide bonds. The van der Waals surface area contributed by atoms with E-state index in [1.54, 1.807) is 0 Å². The fourth-order valence-electron chi connectivity index (χ4n) is 3.33. The number of aryl methyl sites for hydroxylation is 1. The standard InChI is InChI=1S/C17H21N3O3S/c1-11-5-4-6-12(9-11)18-16(22)19-13-7-2-3-8-14(13)20-15(21)10-24-17(20)23/h4-6,9,13-14H,2-3,7-8,10H2,1H3,(H2,18,19,22). The van der Waals surface area contributed by atoms with Crippen LogP contribution in [0.15, 0.2) is 24.3 Å². The van der Waals surface area contributed by atoms with Crippen molar-refractivity contribution in [3.63, 3.8) is 0 Å². The molecule has 0 aromatic heterocycles. The minimum Gasteiger partial charge on any atom is -0.333 e. The Balaban J connectivity index is 1.66. The average Bonchev–Trinajstić information content (AvgIpc) is 2.87. The van der Waals surface area contributed by atoms with Gasteiger partial charge in [0.1, 0.15) is 0 Å². The van der Waals surface area contributed by atoms with Gasteiger partial charge in [-0.2, -0.15) is 0 Å². The van der Waals surface area contributed by atoms with Gasteiger partial charge in [0, 0.05) is 5.69 Å². The normalized spacial score (nSPS) is 24.1. The van der Waals surface area contributed by atoms with Gasteiger partial charge in [-0.15, -0.1) is 0 Å². The smallest absolute Gasteiger partial charge is 0.319 e. The molecule has 3 rings (SSSR count). The Bertz CT molecular complexity index is 648. The van der Waals surface area contributed by atoms with E-state index >= 15 is 0 Å². The molecule has 2 fully saturated rings. The number of amides is 4. The van der Waals surface area contributed by atoms with Gasteiger partial charge in [0.15, 0.2) is 0 Å². The maximum atomic E-state index is 12.3. The largest absolute Gasteiger partial charge is 0.333 e. The highest BCUT2D eigenvalue weighted by Crippen LogP contribution is 2.30. The predicted octanol–water partition coefficient (Wildman–Crippen LogP) is 3.12. The number of nitrogens with zero attached hydrogens (tertiary/aromatic N) is 1. The zero-order valence-electron chi connectivity index (χ0n) is 13.6. The number of urea groups is 1. The molecule has 0 bridgehead atoms. The summed E-state index contributed by atoms with van der Waals surface area (Å²) in [5.74, 6) is 0.0557. The molecule has 1 aliphatic carbocycles. The van der Waals surface area contributed by atoms with Gasteiger partial charge >= 0.3 is 6.03 Å². The van der Waals surface area contributed by atoms with Crippen LogP contribution < -0.4 is 10.6 Å². The van der Waals surface area contributed by atoms with Crippen LogP contribution in [0.4, 0.5) is 15.3 Å². The van der Waals surface area contributed by atoms with E-state index in [9.17, 15) is 14.4 Å². The van der Waals surface area contributed by atoms with Crippen LogP contribution in [0, 0.1) is 6.92 Å². The van der Waals surface area contributed by atoms with Crippen LogP contribution in [0.1, 0.15) is 31.2 Å². The van der Waals surface area contributed by atoms with Crippen LogP contribution in [-0.2, 0) is 4.79 Å². The maximum Gasteiger partial charge on any atom is 0.319 e. The molecule has 2 N–H and O–H groups in total. The number of imide groups is 1. The van der Waals surface area contributed by atoms with Gasteiger partial charge < -0.3 is 10.6 Å². The number of carbonyl (C=O) groups excluding carboxylic acids is 3. The molecule has 1 aromatic rings. The predicted molar refractivity (Wildman–Crippen MR) is 94.1 cm³/mol. The summed E-state index contributed by atoms with van der Waals surface area (Å²) in [6.07, 6.45) is 3.46.